The highest BCUT2D eigenvalue weighted by Crippen LogP contribution is 1.84. The van der Waals surface area contributed by atoms with Gasteiger partial charge in [0.15, 0.2) is 6.29 Å². The third kappa shape index (κ3) is 2.96. The molecular weight excluding hydrogens is 106 g/mol. The van der Waals surface area contributed by atoms with Crippen molar-refractivity contribution in [2.75, 3.05) is 6.54 Å². The molecule has 8 heavy (non-hydrogen) atoms. The second kappa shape index (κ2) is 3.83. The summed E-state index contributed by atoms with van der Waals surface area (Å²) < 4.78 is 0. The molecule has 0 amide bonds. The molecule has 0 saturated carbocycles. The van der Waals surface area contributed by atoms with Gasteiger partial charge in [-0.2, -0.15) is 0 Å². The zero-order chi connectivity index (χ0) is 6.57. The van der Waals surface area contributed by atoms with Gasteiger partial charge in [-0.1, -0.05) is 6.92 Å². The molecule has 0 radical (unpaired) electrons. The third-order valence-corrected chi connectivity index (χ3v) is 0.973. The van der Waals surface area contributed by atoms with Crippen molar-refractivity contribution in [3.05, 3.63) is 0 Å². The van der Waals surface area contributed by atoms with Crippen LogP contribution in [0.25, 0.3) is 0 Å². The van der Waals surface area contributed by atoms with Crippen LogP contribution in [0, 0.1) is 0 Å². The van der Waals surface area contributed by atoms with Gasteiger partial charge in [0.1, 0.15) is 0 Å². The zero-order valence-corrected chi connectivity index (χ0v) is 5.26. The topological polar surface area (TPSA) is 52.5 Å². The van der Waals surface area contributed by atoms with Gasteiger partial charge in [0.25, 0.3) is 0 Å². The first-order chi connectivity index (χ1) is 3.68. The summed E-state index contributed by atoms with van der Waals surface area (Å²) in [7, 11) is 0. The van der Waals surface area contributed by atoms with Crippen molar-refractivity contribution in [1.82, 2.24) is 5.32 Å². The van der Waals surface area contributed by atoms with Crippen molar-refractivity contribution in [2.24, 2.45) is 0 Å². The SMILES string of the molecule is CCN[C@@H](C)C(O)O. The molecule has 3 nitrogen and oxygen atoms in total. The van der Waals surface area contributed by atoms with Gasteiger partial charge in [0, 0.05) is 0 Å². The van der Waals surface area contributed by atoms with E-state index in [9.17, 15) is 0 Å². The van der Waals surface area contributed by atoms with Crippen molar-refractivity contribution >= 4 is 0 Å². The second-order valence-electron chi connectivity index (χ2n) is 1.76. The summed E-state index contributed by atoms with van der Waals surface area (Å²) in [6.45, 7) is 4.39. The average molecular weight is 119 g/mol. The van der Waals surface area contributed by atoms with Crippen LogP contribution in [0.1, 0.15) is 13.8 Å². The number of rotatable bonds is 3. The lowest BCUT2D eigenvalue weighted by Crippen LogP contribution is -2.36. The second-order valence-corrected chi connectivity index (χ2v) is 1.76. The largest absolute Gasteiger partial charge is 0.367 e. The predicted octanol–water partition coefficient (Wildman–Crippen LogP) is -0.705. The molecule has 0 unspecified atom stereocenters. The van der Waals surface area contributed by atoms with E-state index < -0.39 is 6.29 Å². The van der Waals surface area contributed by atoms with Crippen LogP contribution in [-0.4, -0.2) is 29.1 Å². The van der Waals surface area contributed by atoms with E-state index in [1.54, 1.807) is 6.92 Å². The lowest BCUT2D eigenvalue weighted by molar-refractivity contribution is -0.0620. The number of hydrogen-bond donors (Lipinski definition) is 3. The molecule has 0 aromatic carbocycles. The summed E-state index contributed by atoms with van der Waals surface area (Å²) in [6.07, 6.45) is -1.24. The molecular formula is C5H13NO2. The quantitative estimate of drug-likeness (QED) is 0.430. The average Bonchev–Trinajstić information content (AvgIpc) is 1.67. The maximum atomic E-state index is 8.45. The highest BCUT2D eigenvalue weighted by atomic mass is 16.5. The summed E-state index contributed by atoms with van der Waals surface area (Å²) in [6, 6.07) is -0.222. The lowest BCUT2D eigenvalue weighted by Gasteiger charge is -2.12. The minimum absolute atomic E-state index is 0.222. The third-order valence-electron chi connectivity index (χ3n) is 0.973. The Morgan fingerprint density at radius 1 is 1.50 bits per heavy atom. The van der Waals surface area contributed by atoms with Crippen molar-refractivity contribution in [1.29, 1.82) is 0 Å². The fraction of sp³-hybridized carbons (Fsp3) is 1.00. The standard InChI is InChI=1S/C5H13NO2/c1-3-6-4(2)5(7)8/h4-8H,3H2,1-2H3/t4-/m0/s1. The van der Waals surface area contributed by atoms with E-state index >= 15 is 0 Å². The molecule has 0 aliphatic rings. The maximum absolute atomic E-state index is 8.45. The van der Waals surface area contributed by atoms with Gasteiger partial charge < -0.3 is 15.5 Å². The number of aliphatic hydroxyl groups excluding tert-OH is 1. The van der Waals surface area contributed by atoms with Crippen molar-refractivity contribution in [2.45, 2.75) is 26.2 Å². The smallest absolute Gasteiger partial charge is 0.166 e. The van der Waals surface area contributed by atoms with Crippen molar-refractivity contribution < 1.29 is 10.2 Å². The fourth-order valence-corrected chi connectivity index (χ4v) is 0.427. The zero-order valence-electron chi connectivity index (χ0n) is 5.26. The van der Waals surface area contributed by atoms with E-state index in [1.165, 1.54) is 0 Å². The molecule has 3 N–H and O–H groups in total. The van der Waals surface area contributed by atoms with Crippen molar-refractivity contribution in [3.8, 4) is 0 Å². The lowest BCUT2D eigenvalue weighted by atomic mass is 10.3. The fourth-order valence-electron chi connectivity index (χ4n) is 0.427. The first-order valence-corrected chi connectivity index (χ1v) is 2.78. The van der Waals surface area contributed by atoms with Gasteiger partial charge in [-0.15, -0.1) is 0 Å². The number of nitrogens with one attached hydrogen (secondary N) is 1. The molecule has 0 bridgehead atoms. The Morgan fingerprint density at radius 3 is 2.12 bits per heavy atom. The highest BCUT2D eigenvalue weighted by Gasteiger charge is 2.06. The predicted molar refractivity (Wildman–Crippen MR) is 31.4 cm³/mol. The van der Waals surface area contributed by atoms with E-state index in [1.807, 2.05) is 6.92 Å². The van der Waals surface area contributed by atoms with Crippen LogP contribution < -0.4 is 5.32 Å². The van der Waals surface area contributed by atoms with E-state index in [-0.39, 0.29) is 6.04 Å². The summed E-state index contributed by atoms with van der Waals surface area (Å²) >= 11 is 0. The summed E-state index contributed by atoms with van der Waals surface area (Å²) in [5, 5.41) is 19.7. The number of hydrogen-bond acceptors (Lipinski definition) is 3. The first kappa shape index (κ1) is 7.88. The van der Waals surface area contributed by atoms with Crippen LogP contribution in [0.3, 0.4) is 0 Å². The maximum Gasteiger partial charge on any atom is 0.166 e. The molecule has 0 fully saturated rings. The Bertz CT molecular complexity index is 56.4. The first-order valence-electron chi connectivity index (χ1n) is 2.78. The monoisotopic (exact) mass is 119 g/mol. The Kier molecular flexibility index (Phi) is 3.77. The Morgan fingerprint density at radius 2 is 2.00 bits per heavy atom. The summed E-state index contributed by atoms with van der Waals surface area (Å²) in [5.41, 5.74) is 0. The molecule has 0 saturated heterocycles. The van der Waals surface area contributed by atoms with Crippen LogP contribution >= 0.6 is 0 Å². The van der Waals surface area contributed by atoms with E-state index in [4.69, 9.17) is 10.2 Å². The Balaban J connectivity index is 3.17. The number of aliphatic hydroxyl groups is 2. The van der Waals surface area contributed by atoms with Gasteiger partial charge in [-0.25, -0.2) is 0 Å². The molecule has 0 spiro atoms. The van der Waals surface area contributed by atoms with Crippen LogP contribution in [0.15, 0.2) is 0 Å². The van der Waals surface area contributed by atoms with E-state index in [0.717, 1.165) is 6.54 Å². The Hall–Kier alpha value is -0.120. The van der Waals surface area contributed by atoms with Gasteiger partial charge in [-0.3, -0.25) is 0 Å². The molecule has 0 aliphatic heterocycles. The van der Waals surface area contributed by atoms with E-state index in [0.29, 0.717) is 0 Å². The highest BCUT2D eigenvalue weighted by molar-refractivity contribution is 4.58. The van der Waals surface area contributed by atoms with Crippen molar-refractivity contribution in [3.63, 3.8) is 0 Å². The Labute approximate surface area is 49.3 Å². The minimum Gasteiger partial charge on any atom is -0.367 e. The molecule has 0 aromatic heterocycles. The molecule has 50 valence electrons. The van der Waals surface area contributed by atoms with Gasteiger partial charge in [0.2, 0.25) is 0 Å². The molecule has 3 heteroatoms. The number of likely N-dealkylation sites (N-methyl/N-ethyl adjacent to an activating group) is 1. The van der Waals surface area contributed by atoms with Crippen LogP contribution in [0.2, 0.25) is 0 Å². The minimum atomic E-state index is -1.24. The molecule has 0 aromatic rings. The molecule has 0 aliphatic carbocycles. The normalized spacial score (nSPS) is 14.6. The van der Waals surface area contributed by atoms with Crippen LogP contribution in [0.5, 0.6) is 0 Å². The van der Waals surface area contributed by atoms with Crippen LogP contribution in [-0.2, 0) is 0 Å². The van der Waals surface area contributed by atoms with Crippen LogP contribution in [0.4, 0.5) is 0 Å². The van der Waals surface area contributed by atoms with E-state index in [2.05, 4.69) is 5.32 Å². The molecule has 0 heterocycles. The molecule has 0 rings (SSSR count). The molecule has 1 atom stereocenters. The van der Waals surface area contributed by atoms with Gasteiger partial charge >= 0.3 is 0 Å². The van der Waals surface area contributed by atoms with Gasteiger partial charge in [0.05, 0.1) is 6.04 Å². The summed E-state index contributed by atoms with van der Waals surface area (Å²) in [5.74, 6) is 0. The van der Waals surface area contributed by atoms with Gasteiger partial charge in [-0.05, 0) is 13.5 Å². The summed E-state index contributed by atoms with van der Waals surface area (Å²) in [4.78, 5) is 0.